The molecule has 3 aromatic rings. The number of halogens is 1. The standard InChI is InChI=1S/C24H22FN5O4S/c25-15-4-5-16-23-22(15)18(11-30(23)21(32)9-27-16)26-7-1-2-14-10-29(24(33)34-14)13-3-6-19-17(8-13)28-20(31)12-35-19/h3-6,8-9,14,18,26H,1-2,7,10-12H2,(H,28,31)/t14-,18+/m1/s1. The van der Waals surface area contributed by atoms with Crippen molar-refractivity contribution in [3.63, 3.8) is 0 Å². The molecule has 0 saturated carbocycles. The molecule has 4 heterocycles. The number of nitrogens with one attached hydrogen (secondary N) is 2. The third-order valence-electron chi connectivity index (χ3n) is 6.58. The Morgan fingerprint density at radius 1 is 1.20 bits per heavy atom. The maximum absolute atomic E-state index is 14.6. The Labute approximate surface area is 203 Å². The normalized spacial score (nSPS) is 20.8. The van der Waals surface area contributed by atoms with Crippen LogP contribution < -0.4 is 21.1 Å². The van der Waals surface area contributed by atoms with Gasteiger partial charge in [0, 0.05) is 22.7 Å². The second-order valence-corrected chi connectivity index (χ2v) is 9.84. The maximum Gasteiger partial charge on any atom is 0.414 e. The first-order valence-corrected chi connectivity index (χ1v) is 12.4. The molecule has 6 rings (SSSR count). The van der Waals surface area contributed by atoms with Gasteiger partial charge in [0.2, 0.25) is 5.91 Å². The van der Waals surface area contributed by atoms with Gasteiger partial charge in [-0.15, -0.1) is 11.8 Å². The van der Waals surface area contributed by atoms with Gasteiger partial charge in [-0.1, -0.05) is 0 Å². The summed E-state index contributed by atoms with van der Waals surface area (Å²) in [5, 5.41) is 6.19. The lowest BCUT2D eigenvalue weighted by Crippen LogP contribution is -2.27. The number of thioether (sulfide) groups is 1. The summed E-state index contributed by atoms with van der Waals surface area (Å²) in [7, 11) is 0. The highest BCUT2D eigenvalue weighted by Gasteiger charge is 2.33. The molecule has 35 heavy (non-hydrogen) atoms. The molecule has 0 radical (unpaired) electrons. The Morgan fingerprint density at radius 2 is 2.09 bits per heavy atom. The number of anilines is 2. The van der Waals surface area contributed by atoms with E-state index in [9.17, 15) is 18.8 Å². The van der Waals surface area contributed by atoms with Crippen LogP contribution in [0.5, 0.6) is 0 Å². The van der Waals surface area contributed by atoms with E-state index < -0.39 is 6.09 Å². The van der Waals surface area contributed by atoms with Crippen molar-refractivity contribution in [2.75, 3.05) is 29.1 Å². The highest BCUT2D eigenvalue weighted by Crippen LogP contribution is 2.36. The van der Waals surface area contributed by atoms with Crippen LogP contribution in [0.1, 0.15) is 24.4 Å². The van der Waals surface area contributed by atoms with Gasteiger partial charge in [-0.3, -0.25) is 14.5 Å². The summed E-state index contributed by atoms with van der Waals surface area (Å²) in [5.41, 5.74) is 2.77. The van der Waals surface area contributed by atoms with Crippen LogP contribution in [0.3, 0.4) is 0 Å². The number of carbonyl (C=O) groups excluding carboxylic acids is 2. The highest BCUT2D eigenvalue weighted by molar-refractivity contribution is 8.00. The summed E-state index contributed by atoms with van der Waals surface area (Å²) < 4.78 is 21.7. The molecule has 1 saturated heterocycles. The number of nitrogens with zero attached hydrogens (tertiary/aromatic N) is 3. The van der Waals surface area contributed by atoms with Crippen LogP contribution in [0, 0.1) is 5.82 Å². The molecule has 0 unspecified atom stereocenters. The Kier molecular flexibility index (Phi) is 5.45. The quantitative estimate of drug-likeness (QED) is 0.507. The molecule has 11 heteroatoms. The molecule has 2 amide bonds. The fourth-order valence-corrected chi connectivity index (χ4v) is 5.73. The van der Waals surface area contributed by atoms with Crippen molar-refractivity contribution in [2.45, 2.75) is 36.4 Å². The Balaban J connectivity index is 1.06. The van der Waals surface area contributed by atoms with E-state index in [0.29, 0.717) is 66.2 Å². The molecule has 0 bridgehead atoms. The topological polar surface area (TPSA) is 106 Å². The Bertz CT molecular complexity index is 1430. The number of ether oxygens (including phenoxy) is 1. The minimum Gasteiger partial charge on any atom is -0.444 e. The van der Waals surface area contributed by atoms with E-state index >= 15 is 0 Å². The predicted octanol–water partition coefficient (Wildman–Crippen LogP) is 3.03. The maximum atomic E-state index is 14.6. The van der Waals surface area contributed by atoms with E-state index in [-0.39, 0.29) is 29.4 Å². The van der Waals surface area contributed by atoms with Crippen LogP contribution in [0.2, 0.25) is 0 Å². The Hall–Kier alpha value is -3.44. The van der Waals surface area contributed by atoms with Gasteiger partial charge >= 0.3 is 6.09 Å². The van der Waals surface area contributed by atoms with Crippen molar-refractivity contribution in [3.8, 4) is 0 Å². The number of aromatic nitrogens is 2. The largest absolute Gasteiger partial charge is 0.444 e. The van der Waals surface area contributed by atoms with Crippen LogP contribution in [-0.4, -0.2) is 46.5 Å². The monoisotopic (exact) mass is 495 g/mol. The number of cyclic esters (lactones) is 1. The van der Waals surface area contributed by atoms with E-state index in [4.69, 9.17) is 4.74 Å². The second-order valence-electron chi connectivity index (χ2n) is 8.82. The van der Waals surface area contributed by atoms with Gasteiger partial charge in [0.1, 0.15) is 11.9 Å². The van der Waals surface area contributed by atoms with Gasteiger partial charge in [0.25, 0.3) is 5.56 Å². The average Bonchev–Trinajstić information content (AvgIpc) is 3.42. The van der Waals surface area contributed by atoms with Gasteiger partial charge in [-0.05, 0) is 49.7 Å². The van der Waals surface area contributed by atoms with Gasteiger partial charge in [0.15, 0.2) is 0 Å². The number of amides is 2. The second kappa shape index (κ2) is 8.65. The fraction of sp³-hybridized carbons (Fsp3) is 0.333. The number of hydrogen-bond acceptors (Lipinski definition) is 7. The molecule has 0 spiro atoms. The summed E-state index contributed by atoms with van der Waals surface area (Å²) in [6.07, 6.45) is 1.93. The van der Waals surface area contributed by atoms with Gasteiger partial charge in [-0.2, -0.15) is 0 Å². The fourth-order valence-electron chi connectivity index (χ4n) is 4.95. The lowest BCUT2D eigenvalue weighted by molar-refractivity contribution is -0.113. The zero-order valence-corrected chi connectivity index (χ0v) is 19.4. The minimum absolute atomic E-state index is 0.0587. The van der Waals surface area contributed by atoms with Crippen LogP contribution in [-0.2, 0) is 16.1 Å². The van der Waals surface area contributed by atoms with Crippen molar-refractivity contribution >= 4 is 46.2 Å². The molecule has 1 fully saturated rings. The summed E-state index contributed by atoms with van der Waals surface area (Å²) >= 11 is 1.47. The lowest BCUT2D eigenvalue weighted by atomic mass is 10.1. The van der Waals surface area contributed by atoms with Gasteiger partial charge in [0.05, 0.1) is 41.3 Å². The van der Waals surface area contributed by atoms with Crippen LogP contribution in [0.15, 0.2) is 46.2 Å². The summed E-state index contributed by atoms with van der Waals surface area (Å²) in [6.45, 7) is 1.35. The molecule has 0 aliphatic carbocycles. The number of rotatable bonds is 6. The minimum atomic E-state index is -0.412. The third-order valence-corrected chi connectivity index (χ3v) is 7.66. The molecular formula is C24H22FN5O4S. The van der Waals surface area contributed by atoms with E-state index in [2.05, 4.69) is 15.6 Å². The SMILES string of the molecule is O=C1CSc2ccc(N3C[C@@H](CCCN[C@H]4Cn5c(=O)cnc6ccc(F)c4c65)OC3=O)cc2N1. The number of benzene rings is 2. The third kappa shape index (κ3) is 3.94. The Morgan fingerprint density at radius 3 is 2.97 bits per heavy atom. The van der Waals surface area contributed by atoms with Crippen LogP contribution in [0.4, 0.5) is 20.6 Å². The zero-order valence-electron chi connectivity index (χ0n) is 18.6. The smallest absolute Gasteiger partial charge is 0.414 e. The molecule has 1 aromatic heterocycles. The molecule has 2 aromatic carbocycles. The predicted molar refractivity (Wildman–Crippen MR) is 129 cm³/mol. The molecular weight excluding hydrogens is 473 g/mol. The molecule has 3 aliphatic heterocycles. The van der Waals surface area contributed by atoms with Crippen molar-refractivity contribution in [1.82, 2.24) is 14.9 Å². The van der Waals surface area contributed by atoms with E-state index in [0.717, 1.165) is 4.90 Å². The first-order chi connectivity index (χ1) is 17.0. The summed E-state index contributed by atoms with van der Waals surface area (Å²) in [4.78, 5) is 43.1. The lowest BCUT2D eigenvalue weighted by Gasteiger charge is -2.20. The summed E-state index contributed by atoms with van der Waals surface area (Å²) in [6, 6.07) is 8.21. The van der Waals surface area contributed by atoms with Crippen LogP contribution in [0.25, 0.3) is 11.0 Å². The molecule has 2 atom stereocenters. The molecule has 2 N–H and O–H groups in total. The number of hydrogen-bond donors (Lipinski definition) is 2. The van der Waals surface area contributed by atoms with Gasteiger partial charge in [-0.25, -0.2) is 14.2 Å². The van der Waals surface area contributed by atoms with E-state index in [1.807, 2.05) is 12.1 Å². The summed E-state index contributed by atoms with van der Waals surface area (Å²) in [5.74, 6) is -0.0263. The van der Waals surface area contributed by atoms with Crippen molar-refractivity contribution in [1.29, 1.82) is 0 Å². The van der Waals surface area contributed by atoms with E-state index in [1.165, 1.54) is 24.0 Å². The molecule has 180 valence electrons. The molecule has 3 aliphatic rings. The van der Waals surface area contributed by atoms with Crippen molar-refractivity contribution < 1.29 is 18.7 Å². The number of carbonyl (C=O) groups is 2. The zero-order chi connectivity index (χ0) is 24.1. The van der Waals surface area contributed by atoms with Crippen LogP contribution >= 0.6 is 11.8 Å². The average molecular weight is 496 g/mol. The van der Waals surface area contributed by atoms with Crippen molar-refractivity contribution in [3.05, 3.63) is 58.3 Å². The molecule has 9 nitrogen and oxygen atoms in total. The first kappa shape index (κ1) is 22.1. The first-order valence-electron chi connectivity index (χ1n) is 11.4. The number of fused-ring (bicyclic) bond motifs is 1. The van der Waals surface area contributed by atoms with Crippen molar-refractivity contribution in [2.24, 2.45) is 0 Å². The highest BCUT2D eigenvalue weighted by atomic mass is 32.2. The van der Waals surface area contributed by atoms with Gasteiger partial charge < -0.3 is 19.9 Å². The van der Waals surface area contributed by atoms with E-state index in [1.54, 1.807) is 21.6 Å².